The highest BCUT2D eigenvalue weighted by Crippen LogP contribution is 2.02. The van der Waals surface area contributed by atoms with Crippen molar-refractivity contribution in [2.24, 2.45) is 5.73 Å². The second kappa shape index (κ2) is 7.31. The molecule has 0 saturated carbocycles. The standard InChI is InChI=1S/C16H18N2O2/c17-15(11-13-7-3-1-4-8-13)18-16(19)20-12-14-9-5-2-6-10-14/h1-10,15H,11-12,17H2,(H,18,19). The zero-order valence-corrected chi connectivity index (χ0v) is 11.2. The third-order valence-electron chi connectivity index (χ3n) is 2.81. The van der Waals surface area contributed by atoms with Crippen LogP contribution in [0, 0.1) is 0 Å². The van der Waals surface area contributed by atoms with Crippen LogP contribution in [0.5, 0.6) is 0 Å². The maximum Gasteiger partial charge on any atom is 0.408 e. The lowest BCUT2D eigenvalue weighted by atomic mass is 10.1. The third-order valence-corrected chi connectivity index (χ3v) is 2.81. The van der Waals surface area contributed by atoms with Crippen LogP contribution in [0.2, 0.25) is 0 Å². The zero-order chi connectivity index (χ0) is 14.2. The Morgan fingerprint density at radius 1 is 1.00 bits per heavy atom. The third kappa shape index (κ3) is 4.74. The van der Waals surface area contributed by atoms with Gasteiger partial charge in [-0.15, -0.1) is 0 Å². The summed E-state index contributed by atoms with van der Waals surface area (Å²) in [5, 5.41) is 2.62. The Labute approximate surface area is 118 Å². The molecule has 2 aromatic carbocycles. The SMILES string of the molecule is NC(Cc1ccccc1)NC(=O)OCc1ccccc1. The van der Waals surface area contributed by atoms with Crippen LogP contribution in [-0.4, -0.2) is 12.3 Å². The molecule has 0 saturated heterocycles. The number of nitrogens with one attached hydrogen (secondary N) is 1. The van der Waals surface area contributed by atoms with Crippen molar-refractivity contribution in [1.82, 2.24) is 5.32 Å². The predicted molar refractivity (Wildman–Crippen MR) is 77.9 cm³/mol. The second-order valence-electron chi connectivity index (χ2n) is 4.50. The van der Waals surface area contributed by atoms with E-state index in [4.69, 9.17) is 10.5 Å². The largest absolute Gasteiger partial charge is 0.445 e. The van der Waals surface area contributed by atoms with Gasteiger partial charge in [0, 0.05) is 6.42 Å². The van der Waals surface area contributed by atoms with Gasteiger partial charge in [-0.25, -0.2) is 4.79 Å². The molecule has 0 bridgehead atoms. The summed E-state index contributed by atoms with van der Waals surface area (Å²) in [7, 11) is 0. The van der Waals surface area contributed by atoms with Gasteiger partial charge in [-0.05, 0) is 11.1 Å². The Balaban J connectivity index is 1.74. The van der Waals surface area contributed by atoms with Crippen LogP contribution in [0.3, 0.4) is 0 Å². The Bertz CT molecular complexity index is 529. The highest BCUT2D eigenvalue weighted by molar-refractivity contribution is 5.67. The van der Waals surface area contributed by atoms with Crippen LogP contribution in [-0.2, 0) is 17.8 Å². The highest BCUT2D eigenvalue weighted by Gasteiger charge is 2.09. The van der Waals surface area contributed by atoms with Crippen molar-refractivity contribution in [2.45, 2.75) is 19.2 Å². The number of nitrogens with two attached hydrogens (primary N) is 1. The first kappa shape index (κ1) is 14.1. The summed E-state index contributed by atoms with van der Waals surface area (Å²) in [5.41, 5.74) is 7.88. The number of benzene rings is 2. The molecule has 20 heavy (non-hydrogen) atoms. The van der Waals surface area contributed by atoms with Gasteiger partial charge in [0.15, 0.2) is 0 Å². The molecule has 0 aliphatic rings. The fourth-order valence-electron chi connectivity index (χ4n) is 1.84. The quantitative estimate of drug-likeness (QED) is 0.820. The highest BCUT2D eigenvalue weighted by atomic mass is 16.5. The minimum atomic E-state index is -0.503. The summed E-state index contributed by atoms with van der Waals surface area (Å²) in [6.07, 6.45) is -0.390. The van der Waals surface area contributed by atoms with Gasteiger partial charge in [-0.2, -0.15) is 0 Å². The molecule has 3 N–H and O–H groups in total. The van der Waals surface area contributed by atoms with E-state index in [9.17, 15) is 4.79 Å². The molecule has 0 aromatic heterocycles. The van der Waals surface area contributed by atoms with Gasteiger partial charge in [-0.3, -0.25) is 0 Å². The van der Waals surface area contributed by atoms with Crippen molar-refractivity contribution in [3.63, 3.8) is 0 Å². The lowest BCUT2D eigenvalue weighted by Gasteiger charge is -2.14. The Morgan fingerprint density at radius 2 is 1.55 bits per heavy atom. The summed E-state index contributed by atoms with van der Waals surface area (Å²) in [5.74, 6) is 0. The monoisotopic (exact) mass is 270 g/mol. The molecule has 0 radical (unpaired) electrons. The molecule has 0 aliphatic carbocycles. The summed E-state index contributed by atoms with van der Waals surface area (Å²) in [4.78, 5) is 11.6. The zero-order valence-electron chi connectivity index (χ0n) is 11.2. The molecule has 0 aliphatic heterocycles. The maximum atomic E-state index is 11.6. The van der Waals surface area contributed by atoms with Crippen molar-refractivity contribution >= 4 is 6.09 Å². The first-order chi connectivity index (χ1) is 9.74. The lowest BCUT2D eigenvalue weighted by molar-refractivity contribution is 0.136. The van der Waals surface area contributed by atoms with E-state index in [1.54, 1.807) is 0 Å². The molecule has 1 amide bonds. The van der Waals surface area contributed by atoms with Crippen LogP contribution < -0.4 is 11.1 Å². The number of carbonyl (C=O) groups is 1. The Morgan fingerprint density at radius 3 is 2.15 bits per heavy atom. The number of amides is 1. The number of alkyl carbamates (subject to hydrolysis) is 1. The molecule has 1 unspecified atom stereocenters. The normalized spacial score (nSPS) is 11.7. The molecule has 2 aromatic rings. The minimum Gasteiger partial charge on any atom is -0.445 e. The number of ether oxygens (including phenoxy) is 1. The average Bonchev–Trinajstić information content (AvgIpc) is 2.47. The van der Waals surface area contributed by atoms with Crippen LogP contribution in [0.1, 0.15) is 11.1 Å². The van der Waals surface area contributed by atoms with E-state index in [0.29, 0.717) is 6.42 Å². The fourth-order valence-corrected chi connectivity index (χ4v) is 1.84. The van der Waals surface area contributed by atoms with E-state index < -0.39 is 12.3 Å². The van der Waals surface area contributed by atoms with E-state index in [1.807, 2.05) is 60.7 Å². The van der Waals surface area contributed by atoms with Gasteiger partial charge in [0.2, 0.25) is 0 Å². The van der Waals surface area contributed by atoms with Crippen LogP contribution in [0.15, 0.2) is 60.7 Å². The smallest absolute Gasteiger partial charge is 0.408 e. The van der Waals surface area contributed by atoms with E-state index in [2.05, 4.69) is 5.32 Å². The topological polar surface area (TPSA) is 64.3 Å². The molecule has 0 spiro atoms. The van der Waals surface area contributed by atoms with Crippen LogP contribution >= 0.6 is 0 Å². The molecule has 0 fully saturated rings. The van der Waals surface area contributed by atoms with E-state index in [-0.39, 0.29) is 6.61 Å². The van der Waals surface area contributed by atoms with Gasteiger partial charge in [0.25, 0.3) is 0 Å². The van der Waals surface area contributed by atoms with Gasteiger partial charge in [0.05, 0.1) is 6.17 Å². The van der Waals surface area contributed by atoms with Gasteiger partial charge < -0.3 is 15.8 Å². The first-order valence-corrected chi connectivity index (χ1v) is 6.51. The Kier molecular flexibility index (Phi) is 5.15. The molecule has 104 valence electrons. The second-order valence-corrected chi connectivity index (χ2v) is 4.50. The predicted octanol–water partition coefficient (Wildman–Crippen LogP) is 2.44. The van der Waals surface area contributed by atoms with Crippen molar-refractivity contribution in [3.8, 4) is 0 Å². The van der Waals surface area contributed by atoms with Crippen molar-refractivity contribution in [3.05, 3.63) is 71.8 Å². The van der Waals surface area contributed by atoms with Crippen molar-refractivity contribution in [1.29, 1.82) is 0 Å². The number of rotatable bonds is 5. The summed E-state index contributed by atoms with van der Waals surface area (Å²) in [6.45, 7) is 0.241. The number of hydrogen-bond donors (Lipinski definition) is 2. The molecule has 0 heterocycles. The van der Waals surface area contributed by atoms with Gasteiger partial charge in [-0.1, -0.05) is 60.7 Å². The lowest BCUT2D eigenvalue weighted by Crippen LogP contribution is -2.43. The minimum absolute atomic E-state index is 0.241. The van der Waals surface area contributed by atoms with Crippen LogP contribution in [0.4, 0.5) is 4.79 Å². The molecule has 1 atom stereocenters. The molecule has 4 heteroatoms. The summed E-state index contributed by atoms with van der Waals surface area (Å²) in [6, 6.07) is 19.3. The van der Waals surface area contributed by atoms with E-state index in [0.717, 1.165) is 11.1 Å². The first-order valence-electron chi connectivity index (χ1n) is 6.51. The number of carbonyl (C=O) groups excluding carboxylic acids is 1. The van der Waals surface area contributed by atoms with E-state index in [1.165, 1.54) is 0 Å². The maximum absolute atomic E-state index is 11.6. The van der Waals surface area contributed by atoms with Crippen LogP contribution in [0.25, 0.3) is 0 Å². The fraction of sp³-hybridized carbons (Fsp3) is 0.188. The van der Waals surface area contributed by atoms with E-state index >= 15 is 0 Å². The molecular formula is C16H18N2O2. The van der Waals surface area contributed by atoms with Crippen molar-refractivity contribution < 1.29 is 9.53 Å². The Hall–Kier alpha value is -2.33. The van der Waals surface area contributed by atoms with Gasteiger partial charge in [0.1, 0.15) is 6.61 Å². The molecular weight excluding hydrogens is 252 g/mol. The van der Waals surface area contributed by atoms with Gasteiger partial charge >= 0.3 is 6.09 Å². The number of hydrogen-bond acceptors (Lipinski definition) is 3. The summed E-state index contributed by atoms with van der Waals surface area (Å²) >= 11 is 0. The summed E-state index contributed by atoms with van der Waals surface area (Å²) < 4.78 is 5.11. The van der Waals surface area contributed by atoms with Crippen molar-refractivity contribution in [2.75, 3.05) is 0 Å². The molecule has 4 nitrogen and oxygen atoms in total. The average molecular weight is 270 g/mol. The molecule has 2 rings (SSSR count).